The second-order valence-electron chi connectivity index (χ2n) is 9.70. The molecule has 0 aliphatic carbocycles. The van der Waals surface area contributed by atoms with Gasteiger partial charge in [-0.3, -0.25) is 4.72 Å². The largest absolute Gasteiger partial charge is 0.507 e. The highest BCUT2D eigenvalue weighted by Crippen LogP contribution is 2.45. The van der Waals surface area contributed by atoms with E-state index in [-0.39, 0.29) is 22.1 Å². The summed E-state index contributed by atoms with van der Waals surface area (Å²) in [6, 6.07) is 14.5. The normalized spacial score (nSPS) is 16.1. The fourth-order valence-electron chi connectivity index (χ4n) is 4.84. The van der Waals surface area contributed by atoms with E-state index in [1.165, 1.54) is 24.3 Å². The number of aliphatic hydroxyl groups is 1. The van der Waals surface area contributed by atoms with E-state index in [2.05, 4.69) is 4.72 Å². The van der Waals surface area contributed by atoms with Crippen LogP contribution in [0.15, 0.2) is 64.8 Å². The van der Waals surface area contributed by atoms with Crippen LogP contribution in [0.2, 0.25) is 0 Å². The predicted molar refractivity (Wildman–Crippen MR) is 139 cm³/mol. The monoisotopic (exact) mass is 510 g/mol. The molecular formula is C28H34N2O5S. The van der Waals surface area contributed by atoms with Crippen LogP contribution in [0.5, 0.6) is 0 Å². The molecule has 2 aromatic rings. The molecule has 0 amide bonds. The molecule has 0 fully saturated rings. The average molecular weight is 511 g/mol. The van der Waals surface area contributed by atoms with Gasteiger partial charge in [-0.25, -0.2) is 13.2 Å². The van der Waals surface area contributed by atoms with Crippen molar-refractivity contribution in [1.82, 2.24) is 0 Å². The van der Waals surface area contributed by atoms with Crippen LogP contribution in [0.25, 0.3) is 0 Å². The molecule has 1 aliphatic rings. The number of hydrogen-bond acceptors (Lipinski definition) is 6. The van der Waals surface area contributed by atoms with Gasteiger partial charge in [0.2, 0.25) is 0 Å². The Hall–Kier alpha value is -3.31. The number of nitriles is 1. The summed E-state index contributed by atoms with van der Waals surface area (Å²) in [6.45, 7) is 8.05. The van der Waals surface area contributed by atoms with Gasteiger partial charge in [-0.2, -0.15) is 5.26 Å². The summed E-state index contributed by atoms with van der Waals surface area (Å²) in [5.74, 6) is -0.754. The van der Waals surface area contributed by atoms with E-state index >= 15 is 0 Å². The first-order chi connectivity index (χ1) is 17.1. The molecule has 7 nitrogen and oxygen atoms in total. The predicted octanol–water partition coefficient (Wildman–Crippen LogP) is 6.20. The van der Waals surface area contributed by atoms with Gasteiger partial charge in [-0.1, -0.05) is 52.7 Å². The molecule has 1 heterocycles. The van der Waals surface area contributed by atoms with Gasteiger partial charge in [0.1, 0.15) is 5.76 Å². The number of carbonyl (C=O) groups excluding carboxylic acids is 1. The fraction of sp³-hybridized carbons (Fsp3) is 0.429. The fourth-order valence-corrected chi connectivity index (χ4v) is 5.88. The minimum Gasteiger partial charge on any atom is -0.507 e. The Morgan fingerprint density at radius 1 is 1.08 bits per heavy atom. The Morgan fingerprint density at radius 2 is 1.72 bits per heavy atom. The number of esters is 1. The smallest absolute Gasteiger partial charge is 0.339 e. The van der Waals surface area contributed by atoms with Crippen LogP contribution in [-0.2, 0) is 19.6 Å². The number of nitrogens with zero attached hydrogens (tertiary/aromatic N) is 1. The lowest BCUT2D eigenvalue weighted by molar-refractivity contribution is -0.149. The number of nitrogens with one attached hydrogen (secondary N) is 1. The summed E-state index contributed by atoms with van der Waals surface area (Å²) in [5, 5.41) is 20.3. The summed E-state index contributed by atoms with van der Waals surface area (Å²) >= 11 is 0. The van der Waals surface area contributed by atoms with E-state index in [0.717, 1.165) is 12.8 Å². The second-order valence-corrected chi connectivity index (χ2v) is 11.4. The first kappa shape index (κ1) is 27.3. The standard InChI is InChI=1S/C28H34N2O5S/c1-5-14-28(15-6-2)26(31)25(27(32)35-28)24(16-19(3)4)21-8-7-9-22(17-21)30-36(33,34)23-12-10-20(18-29)11-13-23/h7-13,17,19,24,30-31H,5-6,14-16H2,1-4H3. The molecule has 0 aromatic heterocycles. The second kappa shape index (κ2) is 11.2. The third-order valence-electron chi connectivity index (χ3n) is 6.39. The van der Waals surface area contributed by atoms with E-state index in [1.54, 1.807) is 18.2 Å². The van der Waals surface area contributed by atoms with Crippen molar-refractivity contribution in [3.8, 4) is 6.07 Å². The van der Waals surface area contributed by atoms with Gasteiger partial charge in [0.05, 0.1) is 22.1 Å². The number of ether oxygens (including phenoxy) is 1. The molecule has 0 spiro atoms. The lowest BCUT2D eigenvalue weighted by Gasteiger charge is -2.27. The van der Waals surface area contributed by atoms with Crippen LogP contribution in [0, 0.1) is 17.2 Å². The van der Waals surface area contributed by atoms with Crippen LogP contribution in [-0.4, -0.2) is 25.1 Å². The quantitative estimate of drug-likeness (QED) is 0.348. The molecular weight excluding hydrogens is 476 g/mol. The maximum atomic E-state index is 13.1. The van der Waals surface area contributed by atoms with Gasteiger partial charge in [-0.15, -0.1) is 0 Å². The first-order valence-electron chi connectivity index (χ1n) is 12.4. The molecule has 1 atom stereocenters. The topological polar surface area (TPSA) is 116 Å². The molecule has 1 aliphatic heterocycles. The first-order valence-corrected chi connectivity index (χ1v) is 13.8. The number of cyclic esters (lactones) is 1. The van der Waals surface area contributed by atoms with Gasteiger partial charge in [-0.05, 0) is 67.1 Å². The highest BCUT2D eigenvalue weighted by molar-refractivity contribution is 7.92. The van der Waals surface area contributed by atoms with Crippen LogP contribution in [0.4, 0.5) is 5.69 Å². The van der Waals surface area contributed by atoms with Gasteiger partial charge in [0.25, 0.3) is 10.0 Å². The summed E-state index contributed by atoms with van der Waals surface area (Å²) < 4.78 is 34.3. The summed E-state index contributed by atoms with van der Waals surface area (Å²) in [5.41, 5.74) is 0.681. The lowest BCUT2D eigenvalue weighted by Crippen LogP contribution is -2.31. The highest BCUT2D eigenvalue weighted by atomic mass is 32.2. The maximum Gasteiger partial charge on any atom is 0.339 e. The molecule has 0 saturated heterocycles. The van der Waals surface area contributed by atoms with E-state index in [1.807, 2.05) is 39.8 Å². The summed E-state index contributed by atoms with van der Waals surface area (Å²) in [4.78, 5) is 13.2. The number of hydrogen-bond donors (Lipinski definition) is 2. The molecule has 8 heteroatoms. The van der Waals surface area contributed by atoms with Crippen molar-refractivity contribution < 1.29 is 23.1 Å². The molecule has 2 aromatic carbocycles. The average Bonchev–Trinajstić information content (AvgIpc) is 3.06. The molecule has 192 valence electrons. The zero-order valence-corrected chi connectivity index (χ0v) is 22.1. The third-order valence-corrected chi connectivity index (χ3v) is 7.79. The van der Waals surface area contributed by atoms with Crippen molar-refractivity contribution in [3.05, 3.63) is 71.0 Å². The highest BCUT2D eigenvalue weighted by Gasteiger charge is 2.49. The SMILES string of the molecule is CCCC1(CCC)OC(=O)C(C(CC(C)C)c2cccc(NS(=O)(=O)c3ccc(C#N)cc3)c2)=C1O. The van der Waals surface area contributed by atoms with Crippen LogP contribution in [0.1, 0.15) is 76.8 Å². The Bertz CT molecular complexity index is 1270. The van der Waals surface area contributed by atoms with E-state index in [4.69, 9.17) is 10.00 Å². The molecule has 0 radical (unpaired) electrons. The Kier molecular flexibility index (Phi) is 8.47. The molecule has 1 unspecified atom stereocenters. The van der Waals surface area contributed by atoms with Crippen LogP contribution in [0.3, 0.4) is 0 Å². The van der Waals surface area contributed by atoms with E-state index in [0.29, 0.717) is 36.1 Å². The van der Waals surface area contributed by atoms with Crippen molar-refractivity contribution in [2.75, 3.05) is 4.72 Å². The lowest BCUT2D eigenvalue weighted by atomic mass is 9.81. The Morgan fingerprint density at radius 3 is 2.28 bits per heavy atom. The maximum absolute atomic E-state index is 13.1. The van der Waals surface area contributed by atoms with Gasteiger partial charge < -0.3 is 9.84 Å². The van der Waals surface area contributed by atoms with Crippen molar-refractivity contribution in [2.45, 2.75) is 76.2 Å². The van der Waals surface area contributed by atoms with Crippen molar-refractivity contribution in [3.63, 3.8) is 0 Å². The Balaban J connectivity index is 2.01. The third kappa shape index (κ3) is 5.73. The minimum absolute atomic E-state index is 0.00502. The minimum atomic E-state index is -3.89. The van der Waals surface area contributed by atoms with Crippen LogP contribution < -0.4 is 4.72 Å². The van der Waals surface area contributed by atoms with Gasteiger partial charge >= 0.3 is 5.97 Å². The summed E-state index contributed by atoms with van der Waals surface area (Å²) in [7, 11) is -3.89. The molecule has 2 N–H and O–H groups in total. The summed E-state index contributed by atoms with van der Waals surface area (Å²) in [6.07, 6.45) is 3.17. The Labute approximate surface area is 213 Å². The molecule has 0 saturated carbocycles. The van der Waals surface area contributed by atoms with Crippen molar-refractivity contribution in [2.24, 2.45) is 5.92 Å². The molecule has 36 heavy (non-hydrogen) atoms. The van der Waals surface area contributed by atoms with Gasteiger partial charge in [0.15, 0.2) is 5.60 Å². The number of rotatable bonds is 11. The molecule has 0 bridgehead atoms. The van der Waals surface area contributed by atoms with E-state index in [9.17, 15) is 18.3 Å². The number of carbonyl (C=O) groups is 1. The van der Waals surface area contributed by atoms with Crippen LogP contribution >= 0.6 is 0 Å². The number of benzene rings is 2. The number of anilines is 1. The number of aliphatic hydroxyl groups excluding tert-OH is 1. The zero-order chi connectivity index (χ0) is 26.5. The van der Waals surface area contributed by atoms with E-state index < -0.39 is 27.5 Å². The number of sulfonamides is 1. The zero-order valence-electron chi connectivity index (χ0n) is 21.2. The van der Waals surface area contributed by atoms with Crippen molar-refractivity contribution in [1.29, 1.82) is 5.26 Å². The molecule has 3 rings (SSSR count). The van der Waals surface area contributed by atoms with Gasteiger partial charge in [0, 0.05) is 11.6 Å². The van der Waals surface area contributed by atoms with Crippen molar-refractivity contribution >= 4 is 21.7 Å².